The Kier molecular flexibility index (Phi) is 4.99. The van der Waals surface area contributed by atoms with Gasteiger partial charge in [0.2, 0.25) is 0 Å². The summed E-state index contributed by atoms with van der Waals surface area (Å²) in [4.78, 5) is 7.29. The number of halogens is 1. The van der Waals surface area contributed by atoms with Crippen LogP contribution in [0.3, 0.4) is 0 Å². The van der Waals surface area contributed by atoms with Crippen molar-refractivity contribution < 1.29 is 4.39 Å². The van der Waals surface area contributed by atoms with Crippen LogP contribution in [0.15, 0.2) is 36.5 Å². The summed E-state index contributed by atoms with van der Waals surface area (Å²) in [7, 11) is 0. The van der Waals surface area contributed by atoms with Crippen molar-refractivity contribution in [1.29, 1.82) is 0 Å². The molecule has 6 heteroatoms. The Morgan fingerprint density at radius 1 is 1.08 bits per heavy atom. The minimum Gasteiger partial charge on any atom is -0.367 e. The van der Waals surface area contributed by atoms with Crippen molar-refractivity contribution in [2.45, 2.75) is 25.4 Å². The van der Waals surface area contributed by atoms with Gasteiger partial charge < -0.3 is 4.90 Å². The topological polar surface area (TPSA) is 38.4 Å². The van der Waals surface area contributed by atoms with Crippen LogP contribution in [0.2, 0.25) is 0 Å². The lowest BCUT2D eigenvalue weighted by Gasteiger charge is -2.44. The van der Waals surface area contributed by atoms with Crippen LogP contribution in [0.4, 0.5) is 10.1 Å². The van der Waals surface area contributed by atoms with Crippen molar-refractivity contribution in [2.75, 3.05) is 44.2 Å². The third-order valence-corrected chi connectivity index (χ3v) is 5.46. The molecule has 5 nitrogen and oxygen atoms in total. The molecule has 2 aromatic rings. The summed E-state index contributed by atoms with van der Waals surface area (Å²) in [5, 5.41) is 7.10. The monoisotopic (exact) mass is 343 g/mol. The van der Waals surface area contributed by atoms with Gasteiger partial charge in [0, 0.05) is 57.2 Å². The number of likely N-dealkylation sites (tertiary alicyclic amines) is 1. The lowest BCUT2D eigenvalue weighted by molar-refractivity contribution is 0.0880. The molecule has 4 rings (SSSR count). The first-order valence-electron chi connectivity index (χ1n) is 9.24. The van der Waals surface area contributed by atoms with Crippen molar-refractivity contribution >= 4 is 5.69 Å². The smallest absolute Gasteiger partial charge is 0.146 e. The zero-order valence-corrected chi connectivity index (χ0v) is 14.6. The lowest BCUT2D eigenvalue weighted by atomic mass is 10.0. The molecular weight excluding hydrogens is 317 g/mol. The summed E-state index contributed by atoms with van der Waals surface area (Å²) in [5.74, 6) is -0.112. The molecule has 1 aromatic heterocycles. The molecule has 1 unspecified atom stereocenters. The van der Waals surface area contributed by atoms with E-state index in [-0.39, 0.29) is 5.82 Å². The van der Waals surface area contributed by atoms with Crippen LogP contribution in [0.5, 0.6) is 0 Å². The molecule has 3 heterocycles. The zero-order chi connectivity index (χ0) is 17.1. The second-order valence-electron chi connectivity index (χ2n) is 7.09. The highest BCUT2D eigenvalue weighted by molar-refractivity contribution is 5.48. The fraction of sp³-hybridized carbons (Fsp3) is 0.526. The first-order chi connectivity index (χ1) is 12.3. The van der Waals surface area contributed by atoms with Crippen molar-refractivity contribution in [3.8, 4) is 0 Å². The average molecular weight is 343 g/mol. The fourth-order valence-electron chi connectivity index (χ4n) is 4.12. The molecule has 0 saturated carbocycles. The van der Waals surface area contributed by atoms with Gasteiger partial charge in [0.25, 0.3) is 0 Å². The van der Waals surface area contributed by atoms with Crippen molar-refractivity contribution in [1.82, 2.24) is 20.0 Å². The van der Waals surface area contributed by atoms with E-state index in [1.165, 1.54) is 18.5 Å². The third-order valence-electron chi connectivity index (χ3n) is 5.46. The quantitative estimate of drug-likeness (QED) is 0.925. The standard InChI is InChI=1S/C19H26FN5/c20-18-5-1-2-6-19(18)25-12-10-24(11-13-25)17-4-3-9-23(15-17)14-16-7-8-21-22-16/h1-2,5-8,17H,3-4,9-15H2,(H,21,22). The Labute approximate surface area is 148 Å². The molecule has 0 radical (unpaired) electrons. The second-order valence-corrected chi connectivity index (χ2v) is 7.09. The van der Waals surface area contributed by atoms with E-state index in [0.29, 0.717) is 6.04 Å². The molecule has 1 atom stereocenters. The molecule has 0 spiro atoms. The summed E-state index contributed by atoms with van der Waals surface area (Å²) in [6, 6.07) is 9.77. The van der Waals surface area contributed by atoms with Gasteiger partial charge in [-0.1, -0.05) is 12.1 Å². The van der Waals surface area contributed by atoms with Crippen molar-refractivity contribution in [3.05, 3.63) is 48.0 Å². The number of H-pyrrole nitrogens is 1. The fourth-order valence-corrected chi connectivity index (χ4v) is 4.12. The number of anilines is 1. The van der Waals surface area contributed by atoms with Crippen molar-refractivity contribution in [3.63, 3.8) is 0 Å². The van der Waals surface area contributed by atoms with E-state index in [4.69, 9.17) is 0 Å². The first kappa shape index (κ1) is 16.5. The van der Waals surface area contributed by atoms with E-state index in [9.17, 15) is 4.39 Å². The maximum atomic E-state index is 14.0. The molecule has 0 amide bonds. The number of rotatable bonds is 4. The van der Waals surface area contributed by atoms with E-state index in [1.807, 2.05) is 18.3 Å². The van der Waals surface area contributed by atoms with Gasteiger partial charge in [0.05, 0.1) is 5.69 Å². The number of aromatic amines is 1. The largest absolute Gasteiger partial charge is 0.367 e. The van der Waals surface area contributed by atoms with E-state index in [2.05, 4.69) is 31.0 Å². The number of piperazine rings is 1. The highest BCUT2D eigenvalue weighted by Gasteiger charge is 2.28. The predicted octanol–water partition coefficient (Wildman–Crippen LogP) is 2.34. The van der Waals surface area contributed by atoms with Crippen LogP contribution in [-0.2, 0) is 6.54 Å². The molecule has 134 valence electrons. The number of hydrogen-bond donors (Lipinski definition) is 1. The van der Waals surface area contributed by atoms with Crippen LogP contribution >= 0.6 is 0 Å². The predicted molar refractivity (Wildman–Crippen MR) is 97.1 cm³/mol. The van der Waals surface area contributed by atoms with Crippen LogP contribution in [0, 0.1) is 5.82 Å². The molecule has 1 N–H and O–H groups in total. The molecular formula is C19H26FN5. The second kappa shape index (κ2) is 7.54. The highest BCUT2D eigenvalue weighted by Crippen LogP contribution is 2.23. The Bertz CT molecular complexity index is 666. The number of piperidine rings is 1. The van der Waals surface area contributed by atoms with Gasteiger partial charge in [0.1, 0.15) is 5.82 Å². The van der Waals surface area contributed by atoms with Gasteiger partial charge in [-0.25, -0.2) is 4.39 Å². The third kappa shape index (κ3) is 3.85. The van der Waals surface area contributed by atoms with E-state index >= 15 is 0 Å². The Morgan fingerprint density at radius 3 is 2.68 bits per heavy atom. The molecule has 25 heavy (non-hydrogen) atoms. The van der Waals surface area contributed by atoms with Crippen LogP contribution < -0.4 is 4.90 Å². The number of hydrogen-bond acceptors (Lipinski definition) is 4. The minimum atomic E-state index is -0.112. The van der Waals surface area contributed by atoms with Gasteiger partial charge in [-0.3, -0.25) is 14.9 Å². The molecule has 2 aliphatic heterocycles. The van der Waals surface area contributed by atoms with Gasteiger partial charge in [0.15, 0.2) is 0 Å². The van der Waals surface area contributed by atoms with E-state index in [1.54, 1.807) is 12.1 Å². The van der Waals surface area contributed by atoms with E-state index in [0.717, 1.165) is 51.5 Å². The summed E-state index contributed by atoms with van der Waals surface area (Å²) < 4.78 is 14.0. The van der Waals surface area contributed by atoms with Crippen LogP contribution in [0.25, 0.3) is 0 Å². The maximum absolute atomic E-state index is 14.0. The Morgan fingerprint density at radius 2 is 1.92 bits per heavy atom. The minimum absolute atomic E-state index is 0.112. The normalized spacial score (nSPS) is 23.1. The Hall–Kier alpha value is -1.92. The molecule has 2 aliphatic rings. The average Bonchev–Trinajstić information content (AvgIpc) is 3.16. The molecule has 2 saturated heterocycles. The number of aromatic nitrogens is 2. The number of nitrogens with one attached hydrogen (secondary N) is 1. The van der Waals surface area contributed by atoms with Gasteiger partial charge >= 0.3 is 0 Å². The summed E-state index contributed by atoms with van der Waals surface area (Å²) in [5.41, 5.74) is 1.93. The van der Waals surface area contributed by atoms with E-state index < -0.39 is 0 Å². The number of benzene rings is 1. The molecule has 0 bridgehead atoms. The maximum Gasteiger partial charge on any atom is 0.146 e. The first-order valence-corrected chi connectivity index (χ1v) is 9.24. The SMILES string of the molecule is Fc1ccccc1N1CCN(C2CCCN(Cc3ccn[nH]3)C2)CC1. The number of nitrogens with zero attached hydrogens (tertiary/aromatic N) is 4. The molecule has 0 aliphatic carbocycles. The summed E-state index contributed by atoms with van der Waals surface area (Å²) in [6.07, 6.45) is 4.32. The van der Waals surface area contributed by atoms with Gasteiger partial charge in [-0.05, 0) is 37.6 Å². The van der Waals surface area contributed by atoms with Crippen LogP contribution in [-0.4, -0.2) is 65.3 Å². The zero-order valence-electron chi connectivity index (χ0n) is 14.6. The summed E-state index contributed by atoms with van der Waals surface area (Å²) >= 11 is 0. The van der Waals surface area contributed by atoms with Gasteiger partial charge in [-0.2, -0.15) is 5.10 Å². The summed E-state index contributed by atoms with van der Waals surface area (Å²) in [6.45, 7) is 7.04. The number of para-hydroxylation sites is 1. The molecule has 2 fully saturated rings. The molecule has 1 aromatic carbocycles. The lowest BCUT2D eigenvalue weighted by Crippen LogP contribution is -2.55. The highest BCUT2D eigenvalue weighted by atomic mass is 19.1. The Balaban J connectivity index is 1.32. The van der Waals surface area contributed by atoms with Gasteiger partial charge in [-0.15, -0.1) is 0 Å². The van der Waals surface area contributed by atoms with Crippen molar-refractivity contribution in [2.24, 2.45) is 0 Å². The van der Waals surface area contributed by atoms with Crippen LogP contribution in [0.1, 0.15) is 18.5 Å².